The van der Waals surface area contributed by atoms with Crippen LogP contribution in [-0.2, 0) is 4.79 Å². The molecule has 2 aliphatic rings. The van der Waals surface area contributed by atoms with E-state index in [0.717, 1.165) is 39.3 Å². The van der Waals surface area contributed by atoms with E-state index in [-0.39, 0.29) is 24.8 Å². The first-order chi connectivity index (χ1) is 9.22. The molecule has 2 heterocycles. The van der Waals surface area contributed by atoms with Gasteiger partial charge in [0.05, 0.1) is 0 Å². The Balaban J connectivity index is 0.00000200. The Morgan fingerprint density at radius 3 is 2.52 bits per heavy atom. The van der Waals surface area contributed by atoms with Crippen LogP contribution in [0, 0.1) is 5.92 Å². The van der Waals surface area contributed by atoms with Gasteiger partial charge in [-0.2, -0.15) is 0 Å². The molecule has 2 aliphatic heterocycles. The second-order valence-corrected chi connectivity index (χ2v) is 5.98. The largest absolute Gasteiger partial charge is 0.342 e. The molecule has 0 saturated carbocycles. The number of nitrogens with one attached hydrogen (secondary N) is 1. The summed E-state index contributed by atoms with van der Waals surface area (Å²) in [6.45, 7) is 10.8. The van der Waals surface area contributed by atoms with Crippen LogP contribution < -0.4 is 5.32 Å². The molecule has 0 radical (unpaired) electrons. The van der Waals surface area contributed by atoms with Gasteiger partial charge in [-0.1, -0.05) is 13.8 Å². The SMILES string of the molecule is CCN(CC)CC1CCN(C(=O)CC2CCCN2)C1.Cl.Cl. The van der Waals surface area contributed by atoms with Gasteiger partial charge in [0, 0.05) is 32.1 Å². The van der Waals surface area contributed by atoms with Crippen molar-refractivity contribution in [3.8, 4) is 0 Å². The van der Waals surface area contributed by atoms with Crippen LogP contribution in [0.15, 0.2) is 0 Å². The van der Waals surface area contributed by atoms with Gasteiger partial charge in [0.25, 0.3) is 0 Å². The number of hydrogen-bond donors (Lipinski definition) is 1. The van der Waals surface area contributed by atoms with Crippen molar-refractivity contribution in [1.82, 2.24) is 15.1 Å². The normalized spacial score (nSPS) is 24.8. The third-order valence-electron chi connectivity index (χ3n) is 4.63. The maximum absolute atomic E-state index is 12.2. The summed E-state index contributed by atoms with van der Waals surface area (Å²) in [4.78, 5) is 16.8. The van der Waals surface area contributed by atoms with E-state index < -0.39 is 0 Å². The van der Waals surface area contributed by atoms with Crippen molar-refractivity contribution in [3.63, 3.8) is 0 Å². The summed E-state index contributed by atoms with van der Waals surface area (Å²) in [5, 5.41) is 3.42. The van der Waals surface area contributed by atoms with Crippen molar-refractivity contribution in [3.05, 3.63) is 0 Å². The fourth-order valence-corrected chi connectivity index (χ4v) is 3.33. The summed E-state index contributed by atoms with van der Waals surface area (Å²) in [6, 6.07) is 0.439. The minimum absolute atomic E-state index is 0. The van der Waals surface area contributed by atoms with Gasteiger partial charge in [-0.15, -0.1) is 24.8 Å². The molecular formula is C15H31Cl2N3O. The van der Waals surface area contributed by atoms with Crippen molar-refractivity contribution in [2.45, 2.75) is 45.6 Å². The third kappa shape index (κ3) is 6.31. The van der Waals surface area contributed by atoms with E-state index >= 15 is 0 Å². The Morgan fingerprint density at radius 2 is 1.95 bits per heavy atom. The van der Waals surface area contributed by atoms with E-state index in [1.165, 1.54) is 19.3 Å². The molecule has 0 aromatic carbocycles. The molecule has 2 unspecified atom stereocenters. The first kappa shape index (κ1) is 21.0. The average Bonchev–Trinajstić information content (AvgIpc) is 3.07. The maximum atomic E-state index is 12.2. The lowest BCUT2D eigenvalue weighted by atomic mass is 10.1. The number of halogens is 2. The van der Waals surface area contributed by atoms with Gasteiger partial charge in [-0.25, -0.2) is 0 Å². The topological polar surface area (TPSA) is 35.6 Å². The molecule has 2 rings (SSSR count). The van der Waals surface area contributed by atoms with Crippen LogP contribution in [0.25, 0.3) is 0 Å². The standard InChI is InChI=1S/C15H29N3O.2ClH/c1-3-17(4-2)11-13-7-9-18(12-13)15(19)10-14-6-5-8-16-14;;/h13-14,16H,3-12H2,1-2H3;2*1H. The molecule has 21 heavy (non-hydrogen) atoms. The van der Waals surface area contributed by atoms with Gasteiger partial charge in [0.15, 0.2) is 0 Å². The van der Waals surface area contributed by atoms with E-state index in [0.29, 0.717) is 24.3 Å². The quantitative estimate of drug-likeness (QED) is 0.805. The van der Waals surface area contributed by atoms with Gasteiger partial charge < -0.3 is 15.1 Å². The van der Waals surface area contributed by atoms with Gasteiger partial charge >= 0.3 is 0 Å². The summed E-state index contributed by atoms with van der Waals surface area (Å²) < 4.78 is 0. The number of carbonyl (C=O) groups is 1. The van der Waals surface area contributed by atoms with E-state index in [4.69, 9.17) is 0 Å². The Bertz CT molecular complexity index is 295. The maximum Gasteiger partial charge on any atom is 0.224 e. The molecule has 6 heteroatoms. The zero-order valence-electron chi connectivity index (χ0n) is 13.3. The smallest absolute Gasteiger partial charge is 0.224 e. The second-order valence-electron chi connectivity index (χ2n) is 5.98. The first-order valence-electron chi connectivity index (χ1n) is 7.96. The van der Waals surface area contributed by atoms with Gasteiger partial charge in [-0.05, 0) is 44.8 Å². The number of amides is 1. The lowest BCUT2D eigenvalue weighted by molar-refractivity contribution is -0.130. The zero-order chi connectivity index (χ0) is 13.7. The van der Waals surface area contributed by atoms with E-state index in [1.54, 1.807) is 0 Å². The van der Waals surface area contributed by atoms with E-state index in [9.17, 15) is 4.79 Å². The molecule has 126 valence electrons. The van der Waals surface area contributed by atoms with E-state index in [2.05, 4.69) is 29.0 Å². The van der Waals surface area contributed by atoms with Gasteiger partial charge in [0.2, 0.25) is 5.91 Å². The number of hydrogen-bond acceptors (Lipinski definition) is 3. The molecule has 1 N–H and O–H groups in total. The van der Waals surface area contributed by atoms with Crippen molar-refractivity contribution in [1.29, 1.82) is 0 Å². The molecule has 4 nitrogen and oxygen atoms in total. The summed E-state index contributed by atoms with van der Waals surface area (Å²) in [6.07, 6.45) is 4.28. The number of likely N-dealkylation sites (tertiary alicyclic amines) is 1. The predicted octanol–water partition coefficient (Wildman–Crippen LogP) is 2.16. The van der Waals surface area contributed by atoms with Crippen molar-refractivity contribution >= 4 is 30.7 Å². The second kappa shape index (κ2) is 10.7. The van der Waals surface area contributed by atoms with Crippen LogP contribution in [-0.4, -0.2) is 61.0 Å². The summed E-state index contributed by atoms with van der Waals surface area (Å²) in [5.74, 6) is 1.04. The van der Waals surface area contributed by atoms with Crippen LogP contribution in [0.4, 0.5) is 0 Å². The molecule has 0 aliphatic carbocycles. The van der Waals surface area contributed by atoms with Crippen molar-refractivity contribution in [2.24, 2.45) is 5.92 Å². The molecule has 2 fully saturated rings. The van der Waals surface area contributed by atoms with Crippen molar-refractivity contribution in [2.75, 3.05) is 39.3 Å². The van der Waals surface area contributed by atoms with Crippen LogP contribution in [0.1, 0.15) is 39.5 Å². The van der Waals surface area contributed by atoms with Crippen LogP contribution in [0.3, 0.4) is 0 Å². The van der Waals surface area contributed by atoms with Crippen LogP contribution in [0.2, 0.25) is 0 Å². The monoisotopic (exact) mass is 339 g/mol. The fraction of sp³-hybridized carbons (Fsp3) is 0.933. The molecule has 2 atom stereocenters. The Morgan fingerprint density at radius 1 is 1.24 bits per heavy atom. The lowest BCUT2D eigenvalue weighted by Gasteiger charge is -2.23. The van der Waals surface area contributed by atoms with Gasteiger partial charge in [0.1, 0.15) is 0 Å². The highest BCUT2D eigenvalue weighted by molar-refractivity contribution is 5.85. The molecule has 0 bridgehead atoms. The minimum atomic E-state index is 0. The van der Waals surface area contributed by atoms with Crippen molar-refractivity contribution < 1.29 is 4.79 Å². The Labute approximate surface area is 141 Å². The third-order valence-corrected chi connectivity index (χ3v) is 4.63. The zero-order valence-corrected chi connectivity index (χ0v) is 15.0. The molecule has 0 aromatic rings. The number of rotatable bonds is 6. The fourth-order valence-electron chi connectivity index (χ4n) is 3.33. The summed E-state index contributed by atoms with van der Waals surface area (Å²) in [7, 11) is 0. The van der Waals surface area contributed by atoms with Gasteiger partial charge in [-0.3, -0.25) is 4.79 Å². The molecule has 0 aromatic heterocycles. The summed E-state index contributed by atoms with van der Waals surface area (Å²) in [5.41, 5.74) is 0. The molecule has 1 amide bonds. The lowest BCUT2D eigenvalue weighted by Crippen LogP contribution is -2.36. The first-order valence-corrected chi connectivity index (χ1v) is 7.96. The molecular weight excluding hydrogens is 309 g/mol. The summed E-state index contributed by atoms with van der Waals surface area (Å²) >= 11 is 0. The highest BCUT2D eigenvalue weighted by Gasteiger charge is 2.28. The number of nitrogens with zero attached hydrogens (tertiary/aromatic N) is 2. The predicted molar refractivity (Wildman–Crippen MR) is 92.6 cm³/mol. The Kier molecular flexibility index (Phi) is 10.6. The molecule has 2 saturated heterocycles. The minimum Gasteiger partial charge on any atom is -0.342 e. The number of carbonyl (C=O) groups excluding carboxylic acids is 1. The van der Waals surface area contributed by atoms with Crippen LogP contribution in [0.5, 0.6) is 0 Å². The highest BCUT2D eigenvalue weighted by Crippen LogP contribution is 2.20. The highest BCUT2D eigenvalue weighted by atomic mass is 35.5. The Hall–Kier alpha value is -0.0300. The average molecular weight is 340 g/mol. The van der Waals surface area contributed by atoms with E-state index in [1.807, 2.05) is 0 Å². The van der Waals surface area contributed by atoms with Crippen LogP contribution >= 0.6 is 24.8 Å². The molecule has 0 spiro atoms.